The van der Waals surface area contributed by atoms with Crippen LogP contribution in [-0.2, 0) is 12.7 Å². The molecule has 0 unspecified atom stereocenters. The third kappa shape index (κ3) is 3.45. The van der Waals surface area contributed by atoms with E-state index in [1.165, 1.54) is 6.07 Å². The average Bonchev–Trinajstić information content (AvgIpc) is 2.38. The minimum Gasteiger partial charge on any atom is -0.340 e. The number of aromatic nitrogens is 1. The first-order chi connectivity index (χ1) is 8.99. The van der Waals surface area contributed by atoms with Crippen LogP contribution in [0, 0.1) is 0 Å². The first kappa shape index (κ1) is 13.4. The van der Waals surface area contributed by atoms with E-state index >= 15 is 0 Å². The maximum atomic E-state index is 12.6. The van der Waals surface area contributed by atoms with Gasteiger partial charge in [0.25, 0.3) is 0 Å². The molecule has 0 spiro atoms. The standard InChI is InChI=1S/C13H12F3N3/c14-13(15,16)10-2-1-3-11(7-10)19-12-6-9(8-17)4-5-18-12/h1-7H,8,17H2,(H,18,19). The van der Waals surface area contributed by atoms with E-state index in [9.17, 15) is 13.2 Å². The molecule has 6 heteroatoms. The molecule has 0 bridgehead atoms. The lowest BCUT2D eigenvalue weighted by Crippen LogP contribution is -2.05. The second kappa shape index (κ2) is 5.27. The largest absolute Gasteiger partial charge is 0.416 e. The normalized spacial score (nSPS) is 11.4. The van der Waals surface area contributed by atoms with Crippen molar-refractivity contribution in [2.75, 3.05) is 5.32 Å². The minimum atomic E-state index is -4.36. The van der Waals surface area contributed by atoms with Crippen LogP contribution in [0.4, 0.5) is 24.7 Å². The maximum absolute atomic E-state index is 12.6. The summed E-state index contributed by atoms with van der Waals surface area (Å²) in [7, 11) is 0. The average molecular weight is 267 g/mol. The van der Waals surface area contributed by atoms with Gasteiger partial charge in [-0.15, -0.1) is 0 Å². The molecule has 2 rings (SSSR count). The maximum Gasteiger partial charge on any atom is 0.416 e. The number of alkyl halides is 3. The number of anilines is 2. The zero-order valence-electron chi connectivity index (χ0n) is 9.91. The Morgan fingerprint density at radius 2 is 1.95 bits per heavy atom. The van der Waals surface area contributed by atoms with Crippen LogP contribution in [0.15, 0.2) is 42.6 Å². The lowest BCUT2D eigenvalue weighted by molar-refractivity contribution is -0.137. The van der Waals surface area contributed by atoms with Crippen molar-refractivity contribution in [3.8, 4) is 0 Å². The number of benzene rings is 1. The van der Waals surface area contributed by atoms with Gasteiger partial charge in [0.1, 0.15) is 5.82 Å². The molecule has 0 saturated heterocycles. The van der Waals surface area contributed by atoms with E-state index in [4.69, 9.17) is 5.73 Å². The summed E-state index contributed by atoms with van der Waals surface area (Å²) in [5.41, 5.74) is 5.97. The van der Waals surface area contributed by atoms with E-state index in [1.807, 2.05) is 0 Å². The number of nitrogens with one attached hydrogen (secondary N) is 1. The fourth-order valence-corrected chi connectivity index (χ4v) is 1.59. The number of rotatable bonds is 3. The quantitative estimate of drug-likeness (QED) is 0.897. The summed E-state index contributed by atoms with van der Waals surface area (Å²) in [6.45, 7) is 0.347. The van der Waals surface area contributed by atoms with Crippen LogP contribution in [0.2, 0.25) is 0 Å². The highest BCUT2D eigenvalue weighted by molar-refractivity contribution is 5.57. The highest BCUT2D eigenvalue weighted by atomic mass is 19.4. The number of halogens is 3. The fraction of sp³-hybridized carbons (Fsp3) is 0.154. The summed E-state index contributed by atoms with van der Waals surface area (Å²) in [6.07, 6.45) is -2.80. The number of nitrogens with two attached hydrogens (primary N) is 1. The molecule has 0 aliphatic heterocycles. The molecular formula is C13H12F3N3. The van der Waals surface area contributed by atoms with Crippen molar-refractivity contribution in [2.45, 2.75) is 12.7 Å². The van der Waals surface area contributed by atoms with Crippen LogP contribution in [-0.4, -0.2) is 4.98 Å². The van der Waals surface area contributed by atoms with Gasteiger partial charge < -0.3 is 11.1 Å². The zero-order valence-corrected chi connectivity index (χ0v) is 9.91. The van der Waals surface area contributed by atoms with Gasteiger partial charge in [-0.3, -0.25) is 0 Å². The van der Waals surface area contributed by atoms with Gasteiger partial charge in [0, 0.05) is 18.4 Å². The Labute approximate surface area is 108 Å². The summed E-state index contributed by atoms with van der Waals surface area (Å²) in [5, 5.41) is 2.82. The van der Waals surface area contributed by atoms with Crippen LogP contribution in [0.1, 0.15) is 11.1 Å². The van der Waals surface area contributed by atoms with Crippen molar-refractivity contribution in [1.82, 2.24) is 4.98 Å². The molecule has 1 aromatic heterocycles. The van der Waals surface area contributed by atoms with Crippen LogP contribution in [0.5, 0.6) is 0 Å². The molecule has 1 aromatic carbocycles. The van der Waals surface area contributed by atoms with Gasteiger partial charge in [-0.25, -0.2) is 4.98 Å². The monoisotopic (exact) mass is 267 g/mol. The lowest BCUT2D eigenvalue weighted by atomic mass is 10.2. The van der Waals surface area contributed by atoms with Crippen molar-refractivity contribution in [3.63, 3.8) is 0 Å². The number of hydrogen-bond donors (Lipinski definition) is 2. The molecule has 0 radical (unpaired) electrons. The predicted octanol–water partition coefficient (Wildman–Crippen LogP) is 3.30. The van der Waals surface area contributed by atoms with Gasteiger partial charge in [-0.2, -0.15) is 13.2 Å². The molecule has 3 N–H and O–H groups in total. The third-order valence-electron chi connectivity index (χ3n) is 2.52. The minimum absolute atomic E-state index is 0.330. The highest BCUT2D eigenvalue weighted by Crippen LogP contribution is 2.31. The highest BCUT2D eigenvalue weighted by Gasteiger charge is 2.30. The van der Waals surface area contributed by atoms with Crippen LogP contribution >= 0.6 is 0 Å². The summed E-state index contributed by atoms with van der Waals surface area (Å²) in [6, 6.07) is 8.40. The summed E-state index contributed by atoms with van der Waals surface area (Å²) in [5.74, 6) is 0.460. The van der Waals surface area contributed by atoms with Gasteiger partial charge in [0.05, 0.1) is 5.56 Å². The molecule has 19 heavy (non-hydrogen) atoms. The van der Waals surface area contributed by atoms with Crippen LogP contribution < -0.4 is 11.1 Å². The Hall–Kier alpha value is -2.08. The van der Waals surface area contributed by atoms with Crippen molar-refractivity contribution in [3.05, 3.63) is 53.7 Å². The second-order valence-corrected chi connectivity index (χ2v) is 3.96. The molecule has 100 valence electrons. The van der Waals surface area contributed by atoms with Gasteiger partial charge in [-0.1, -0.05) is 6.07 Å². The molecule has 0 saturated carbocycles. The summed E-state index contributed by atoms with van der Waals surface area (Å²) in [4.78, 5) is 4.03. The molecule has 0 aliphatic carbocycles. The Balaban J connectivity index is 2.23. The smallest absolute Gasteiger partial charge is 0.340 e. The molecule has 1 heterocycles. The van der Waals surface area contributed by atoms with E-state index in [2.05, 4.69) is 10.3 Å². The van der Waals surface area contributed by atoms with Gasteiger partial charge in [0.2, 0.25) is 0 Å². The van der Waals surface area contributed by atoms with Crippen LogP contribution in [0.25, 0.3) is 0 Å². The van der Waals surface area contributed by atoms with Crippen molar-refractivity contribution < 1.29 is 13.2 Å². The molecule has 0 atom stereocenters. The molecule has 0 aliphatic rings. The van der Waals surface area contributed by atoms with Crippen molar-refractivity contribution in [2.24, 2.45) is 5.73 Å². The molecule has 2 aromatic rings. The Bertz CT molecular complexity index is 567. The van der Waals surface area contributed by atoms with E-state index < -0.39 is 11.7 Å². The van der Waals surface area contributed by atoms with E-state index in [0.717, 1.165) is 17.7 Å². The Morgan fingerprint density at radius 3 is 2.63 bits per heavy atom. The van der Waals surface area contributed by atoms with E-state index in [1.54, 1.807) is 24.4 Å². The van der Waals surface area contributed by atoms with Gasteiger partial charge in [0.15, 0.2) is 0 Å². The predicted molar refractivity (Wildman–Crippen MR) is 66.9 cm³/mol. The van der Waals surface area contributed by atoms with E-state index in [-0.39, 0.29) is 0 Å². The zero-order chi connectivity index (χ0) is 13.9. The molecule has 3 nitrogen and oxygen atoms in total. The summed E-state index contributed by atoms with van der Waals surface area (Å²) >= 11 is 0. The first-order valence-electron chi connectivity index (χ1n) is 5.58. The summed E-state index contributed by atoms with van der Waals surface area (Å²) < 4.78 is 37.7. The molecular weight excluding hydrogens is 255 g/mol. The number of hydrogen-bond acceptors (Lipinski definition) is 3. The number of nitrogens with zero attached hydrogens (tertiary/aromatic N) is 1. The first-order valence-corrected chi connectivity index (χ1v) is 5.58. The number of pyridine rings is 1. The van der Waals surface area contributed by atoms with Crippen molar-refractivity contribution >= 4 is 11.5 Å². The third-order valence-corrected chi connectivity index (χ3v) is 2.52. The SMILES string of the molecule is NCc1ccnc(Nc2cccc(C(F)(F)F)c2)c1. The van der Waals surface area contributed by atoms with Crippen LogP contribution in [0.3, 0.4) is 0 Å². The Kier molecular flexibility index (Phi) is 3.71. The van der Waals surface area contributed by atoms with Crippen molar-refractivity contribution in [1.29, 1.82) is 0 Å². The molecule has 0 fully saturated rings. The topological polar surface area (TPSA) is 50.9 Å². The van der Waals surface area contributed by atoms with E-state index in [0.29, 0.717) is 18.1 Å². The lowest BCUT2D eigenvalue weighted by Gasteiger charge is -2.10. The van der Waals surface area contributed by atoms with Gasteiger partial charge in [-0.05, 0) is 35.9 Å². The fourth-order valence-electron chi connectivity index (χ4n) is 1.59. The van der Waals surface area contributed by atoms with Gasteiger partial charge >= 0.3 is 6.18 Å². The molecule has 0 amide bonds. The second-order valence-electron chi connectivity index (χ2n) is 3.96. The Morgan fingerprint density at radius 1 is 1.16 bits per heavy atom.